The van der Waals surface area contributed by atoms with Gasteiger partial charge in [0.25, 0.3) is 0 Å². The van der Waals surface area contributed by atoms with E-state index in [1.165, 1.54) is 6.92 Å². The normalized spacial score (nSPS) is 20.4. The molecule has 1 unspecified atom stereocenters. The van der Waals surface area contributed by atoms with Crippen LogP contribution >= 0.6 is 0 Å². The Balaban J connectivity index is 2.71. The summed E-state index contributed by atoms with van der Waals surface area (Å²) in [5.74, 6) is -0.429. The minimum atomic E-state index is -4.37. The van der Waals surface area contributed by atoms with Crippen LogP contribution in [0.3, 0.4) is 0 Å². The summed E-state index contributed by atoms with van der Waals surface area (Å²) >= 11 is 0. The number of hydrogen-bond donors (Lipinski definition) is 1. The molecule has 2 atom stereocenters. The Kier molecular flexibility index (Phi) is 3.83. The lowest BCUT2D eigenvalue weighted by atomic mass is 10.1. The third-order valence-corrected chi connectivity index (χ3v) is 2.82. The van der Waals surface area contributed by atoms with E-state index in [1.54, 1.807) is 6.92 Å². The minimum absolute atomic E-state index is 0.199. The lowest BCUT2D eigenvalue weighted by molar-refractivity contribution is -0.166. The fourth-order valence-corrected chi connectivity index (χ4v) is 1.71. The molecule has 3 nitrogen and oxygen atoms in total. The number of nitrogens with zero attached hydrogens (tertiary/aromatic N) is 1. The molecule has 1 aliphatic carbocycles. The summed E-state index contributed by atoms with van der Waals surface area (Å²) in [7, 11) is 0. The number of carbonyl (C=O) groups excluding carboxylic acids is 1. The van der Waals surface area contributed by atoms with Crippen molar-refractivity contribution in [2.75, 3.05) is 6.54 Å². The van der Waals surface area contributed by atoms with Gasteiger partial charge < -0.3 is 10.6 Å². The molecular weight excluding hydrogens is 221 g/mol. The number of hydrogen-bond acceptors (Lipinski definition) is 2. The first kappa shape index (κ1) is 13.3. The highest BCUT2D eigenvalue weighted by molar-refractivity contribution is 5.81. The molecule has 0 aromatic heterocycles. The van der Waals surface area contributed by atoms with Gasteiger partial charge in [-0.05, 0) is 32.6 Å². The zero-order chi connectivity index (χ0) is 12.5. The second-order valence-electron chi connectivity index (χ2n) is 4.45. The summed E-state index contributed by atoms with van der Waals surface area (Å²) < 4.78 is 37.0. The molecule has 1 aliphatic rings. The molecule has 1 fully saturated rings. The molecule has 1 rings (SSSR count). The molecule has 0 aromatic carbocycles. The molecule has 94 valence electrons. The van der Waals surface area contributed by atoms with Crippen molar-refractivity contribution in [3.05, 3.63) is 0 Å². The van der Waals surface area contributed by atoms with Crippen molar-refractivity contribution in [1.82, 2.24) is 4.90 Å². The van der Waals surface area contributed by atoms with Crippen LogP contribution in [-0.2, 0) is 4.79 Å². The van der Waals surface area contributed by atoms with E-state index in [1.807, 2.05) is 0 Å². The quantitative estimate of drug-likeness (QED) is 0.807. The summed E-state index contributed by atoms with van der Waals surface area (Å²) in [5.41, 5.74) is 5.36. The maximum atomic E-state index is 12.3. The van der Waals surface area contributed by atoms with Crippen molar-refractivity contribution < 1.29 is 18.0 Å². The topological polar surface area (TPSA) is 46.3 Å². The summed E-state index contributed by atoms with van der Waals surface area (Å²) in [6.45, 7) is 1.86. The highest BCUT2D eigenvalue weighted by atomic mass is 19.4. The number of alkyl halides is 3. The molecule has 6 heteroatoms. The SMILES string of the molecule is CC(C1CC1)N(CC(F)(F)F)C(=O)[C@@H](C)N. The first-order valence-electron chi connectivity index (χ1n) is 5.35. The number of rotatable bonds is 4. The molecule has 0 aromatic rings. The molecule has 1 saturated carbocycles. The zero-order valence-electron chi connectivity index (χ0n) is 9.42. The molecule has 2 N–H and O–H groups in total. The Labute approximate surface area is 92.8 Å². The van der Waals surface area contributed by atoms with Gasteiger partial charge in [0, 0.05) is 6.04 Å². The second kappa shape index (κ2) is 4.61. The second-order valence-corrected chi connectivity index (χ2v) is 4.45. The molecule has 1 amide bonds. The monoisotopic (exact) mass is 238 g/mol. The van der Waals surface area contributed by atoms with Crippen LogP contribution in [0.1, 0.15) is 26.7 Å². The smallest absolute Gasteiger partial charge is 0.329 e. The molecule has 0 aliphatic heterocycles. The first-order chi connectivity index (χ1) is 7.22. The van der Waals surface area contributed by atoms with Crippen molar-refractivity contribution in [3.8, 4) is 0 Å². The van der Waals surface area contributed by atoms with Gasteiger partial charge in [0.05, 0.1) is 6.04 Å². The molecule has 0 heterocycles. The summed E-state index contributed by atoms with van der Waals surface area (Å²) in [4.78, 5) is 12.5. The van der Waals surface area contributed by atoms with Gasteiger partial charge in [-0.25, -0.2) is 0 Å². The standard InChI is InChI=1S/C10H17F3N2O/c1-6(14)9(16)15(5-10(11,12)13)7(2)8-3-4-8/h6-8H,3-5,14H2,1-2H3/t6-,7?/m1/s1. The van der Waals surface area contributed by atoms with Crippen LogP contribution in [0.2, 0.25) is 0 Å². The van der Waals surface area contributed by atoms with Gasteiger partial charge in [-0.15, -0.1) is 0 Å². The van der Waals surface area contributed by atoms with Crippen LogP contribution < -0.4 is 5.73 Å². The average molecular weight is 238 g/mol. The molecule has 0 radical (unpaired) electrons. The Morgan fingerprint density at radius 2 is 1.94 bits per heavy atom. The van der Waals surface area contributed by atoms with Crippen LogP contribution in [0.4, 0.5) is 13.2 Å². The molecule has 0 bridgehead atoms. The van der Waals surface area contributed by atoms with Crippen molar-refractivity contribution >= 4 is 5.91 Å². The van der Waals surface area contributed by atoms with E-state index >= 15 is 0 Å². The number of amides is 1. The largest absolute Gasteiger partial charge is 0.406 e. The molecular formula is C10H17F3N2O. The fraction of sp³-hybridized carbons (Fsp3) is 0.900. The van der Waals surface area contributed by atoms with E-state index < -0.39 is 24.7 Å². The van der Waals surface area contributed by atoms with Crippen molar-refractivity contribution in [2.45, 2.75) is 44.9 Å². The lowest BCUT2D eigenvalue weighted by Crippen LogP contribution is -2.50. The maximum Gasteiger partial charge on any atom is 0.406 e. The van der Waals surface area contributed by atoms with Crippen LogP contribution in [0.15, 0.2) is 0 Å². The Morgan fingerprint density at radius 1 is 1.44 bits per heavy atom. The van der Waals surface area contributed by atoms with E-state index in [0.717, 1.165) is 17.7 Å². The van der Waals surface area contributed by atoms with E-state index in [-0.39, 0.29) is 12.0 Å². The molecule has 16 heavy (non-hydrogen) atoms. The fourth-order valence-electron chi connectivity index (χ4n) is 1.71. The number of halogens is 3. The van der Waals surface area contributed by atoms with Gasteiger partial charge in [0.1, 0.15) is 6.54 Å². The van der Waals surface area contributed by atoms with Gasteiger partial charge in [-0.3, -0.25) is 4.79 Å². The van der Waals surface area contributed by atoms with Gasteiger partial charge in [-0.1, -0.05) is 0 Å². The Bertz CT molecular complexity index is 261. The van der Waals surface area contributed by atoms with Crippen LogP contribution in [-0.4, -0.2) is 35.6 Å². The van der Waals surface area contributed by atoms with Gasteiger partial charge >= 0.3 is 6.18 Å². The third kappa shape index (κ3) is 3.66. The molecule has 0 saturated heterocycles. The van der Waals surface area contributed by atoms with Crippen LogP contribution in [0.25, 0.3) is 0 Å². The predicted molar refractivity (Wildman–Crippen MR) is 53.6 cm³/mol. The summed E-state index contributed by atoms with van der Waals surface area (Å²) in [6, 6.07) is -1.26. The van der Waals surface area contributed by atoms with E-state index in [9.17, 15) is 18.0 Å². The van der Waals surface area contributed by atoms with Crippen molar-refractivity contribution in [2.24, 2.45) is 11.7 Å². The van der Waals surface area contributed by atoms with Gasteiger partial charge in [0.2, 0.25) is 5.91 Å². The maximum absolute atomic E-state index is 12.3. The Hall–Kier alpha value is -0.780. The van der Waals surface area contributed by atoms with Crippen molar-refractivity contribution in [3.63, 3.8) is 0 Å². The van der Waals surface area contributed by atoms with E-state index in [4.69, 9.17) is 5.73 Å². The summed E-state index contributed by atoms with van der Waals surface area (Å²) in [6.07, 6.45) is -2.59. The van der Waals surface area contributed by atoms with Crippen LogP contribution in [0, 0.1) is 5.92 Å². The average Bonchev–Trinajstić information content (AvgIpc) is 2.93. The number of carbonyl (C=O) groups is 1. The highest BCUT2D eigenvalue weighted by Crippen LogP contribution is 2.36. The van der Waals surface area contributed by atoms with E-state index in [0.29, 0.717) is 0 Å². The zero-order valence-corrected chi connectivity index (χ0v) is 9.42. The highest BCUT2D eigenvalue weighted by Gasteiger charge is 2.40. The van der Waals surface area contributed by atoms with Gasteiger partial charge in [0.15, 0.2) is 0 Å². The first-order valence-corrected chi connectivity index (χ1v) is 5.35. The minimum Gasteiger partial charge on any atom is -0.329 e. The Morgan fingerprint density at radius 3 is 2.25 bits per heavy atom. The van der Waals surface area contributed by atoms with E-state index in [2.05, 4.69) is 0 Å². The van der Waals surface area contributed by atoms with Crippen LogP contribution in [0.5, 0.6) is 0 Å². The third-order valence-electron chi connectivity index (χ3n) is 2.82. The van der Waals surface area contributed by atoms with Crippen molar-refractivity contribution in [1.29, 1.82) is 0 Å². The predicted octanol–water partition coefficient (Wildman–Crippen LogP) is 1.52. The number of nitrogens with two attached hydrogens (primary N) is 1. The summed E-state index contributed by atoms with van der Waals surface area (Å²) in [5, 5.41) is 0. The molecule has 0 spiro atoms. The lowest BCUT2D eigenvalue weighted by Gasteiger charge is -2.31. The van der Waals surface area contributed by atoms with Gasteiger partial charge in [-0.2, -0.15) is 13.2 Å².